The molecule has 0 unspecified atom stereocenters. The van der Waals surface area contributed by atoms with E-state index in [1.54, 1.807) is 0 Å². The second-order valence-electron chi connectivity index (χ2n) is 19.1. The van der Waals surface area contributed by atoms with Gasteiger partial charge in [-0.1, -0.05) is 212 Å². The fraction of sp³-hybridized carbons (Fsp3) is 0.0294. The average molecular weight is 889 g/mol. The Kier molecular flexibility index (Phi) is 8.24. The van der Waals surface area contributed by atoms with E-state index in [1.807, 2.05) is 0 Å². The van der Waals surface area contributed by atoms with Gasteiger partial charge in [0, 0.05) is 22.6 Å². The van der Waals surface area contributed by atoms with Gasteiger partial charge in [-0.3, -0.25) is 0 Å². The molecule has 11 aromatic carbocycles. The van der Waals surface area contributed by atoms with Gasteiger partial charge in [0.05, 0.1) is 27.9 Å². The largest absolute Gasteiger partial charge is 0.310 e. The van der Waals surface area contributed by atoms with Crippen molar-refractivity contribution in [2.45, 2.75) is 10.8 Å². The second kappa shape index (κ2) is 14.8. The molecule has 0 radical (unpaired) electrons. The number of rotatable bonds is 5. The van der Waals surface area contributed by atoms with Crippen LogP contribution in [0.4, 0.5) is 34.1 Å². The smallest absolute Gasteiger partial charge is 0.0755 e. The lowest BCUT2D eigenvalue weighted by molar-refractivity contribution is 0.752. The third-order valence-electron chi connectivity index (χ3n) is 15.9. The van der Waals surface area contributed by atoms with E-state index in [4.69, 9.17) is 0 Å². The van der Waals surface area contributed by atoms with E-state index in [0.29, 0.717) is 0 Å². The third kappa shape index (κ3) is 5.07. The summed E-state index contributed by atoms with van der Waals surface area (Å²) in [6.45, 7) is 0. The molecule has 0 bridgehead atoms. The molecule has 0 aromatic heterocycles. The number of nitrogens with zero attached hydrogens (tertiary/aromatic N) is 2. The lowest BCUT2D eigenvalue weighted by atomic mass is 9.64. The molecule has 1 heterocycles. The van der Waals surface area contributed by atoms with Gasteiger partial charge < -0.3 is 9.80 Å². The fourth-order valence-corrected chi connectivity index (χ4v) is 13.3. The molecule has 70 heavy (non-hydrogen) atoms. The van der Waals surface area contributed by atoms with Crippen molar-refractivity contribution in [1.82, 2.24) is 0 Å². The van der Waals surface area contributed by atoms with Gasteiger partial charge in [0.1, 0.15) is 0 Å². The maximum absolute atomic E-state index is 2.56. The van der Waals surface area contributed by atoms with E-state index in [2.05, 4.69) is 277 Å². The summed E-state index contributed by atoms with van der Waals surface area (Å²) in [5, 5.41) is 0. The predicted molar refractivity (Wildman–Crippen MR) is 288 cm³/mol. The molecule has 11 aromatic rings. The van der Waals surface area contributed by atoms with Crippen LogP contribution in [0.3, 0.4) is 0 Å². The van der Waals surface area contributed by atoms with Crippen molar-refractivity contribution < 1.29 is 0 Å². The minimum absolute atomic E-state index is 0.484. The molecule has 0 saturated carbocycles. The molecular weight excluding hydrogens is 845 g/mol. The predicted octanol–water partition coefficient (Wildman–Crippen LogP) is 17.3. The zero-order chi connectivity index (χ0) is 46.0. The van der Waals surface area contributed by atoms with E-state index < -0.39 is 10.8 Å². The molecule has 0 saturated heterocycles. The number of para-hydroxylation sites is 3. The van der Waals surface area contributed by atoms with Crippen molar-refractivity contribution >= 4 is 34.1 Å². The summed E-state index contributed by atoms with van der Waals surface area (Å²) < 4.78 is 0. The van der Waals surface area contributed by atoms with Crippen LogP contribution in [-0.4, -0.2) is 0 Å². The van der Waals surface area contributed by atoms with Crippen molar-refractivity contribution in [3.05, 3.63) is 311 Å². The van der Waals surface area contributed by atoms with Crippen molar-refractivity contribution in [2.24, 2.45) is 0 Å². The molecule has 15 rings (SSSR count). The first-order chi connectivity index (χ1) is 34.8. The Labute approximate surface area is 408 Å². The van der Waals surface area contributed by atoms with Crippen LogP contribution in [0, 0.1) is 0 Å². The summed E-state index contributed by atoms with van der Waals surface area (Å²) >= 11 is 0. The van der Waals surface area contributed by atoms with Crippen LogP contribution >= 0.6 is 0 Å². The summed E-state index contributed by atoms with van der Waals surface area (Å²) in [6, 6.07) is 99.8. The van der Waals surface area contributed by atoms with Crippen molar-refractivity contribution in [1.29, 1.82) is 0 Å². The van der Waals surface area contributed by atoms with Crippen LogP contribution in [0.5, 0.6) is 0 Å². The third-order valence-corrected chi connectivity index (χ3v) is 15.9. The molecule has 0 N–H and O–H groups in total. The molecule has 326 valence electrons. The second-order valence-corrected chi connectivity index (χ2v) is 19.1. The summed E-state index contributed by atoms with van der Waals surface area (Å²) in [5.74, 6) is 0. The lowest BCUT2D eigenvalue weighted by Crippen LogP contribution is -2.36. The molecule has 2 nitrogen and oxygen atoms in total. The Morgan fingerprint density at radius 2 is 0.700 bits per heavy atom. The first-order valence-corrected chi connectivity index (χ1v) is 24.4. The van der Waals surface area contributed by atoms with Gasteiger partial charge in [0.25, 0.3) is 0 Å². The van der Waals surface area contributed by atoms with Crippen molar-refractivity contribution in [2.75, 3.05) is 9.80 Å². The van der Waals surface area contributed by atoms with Crippen LogP contribution in [-0.2, 0) is 10.8 Å². The number of hydrogen-bond acceptors (Lipinski definition) is 2. The van der Waals surface area contributed by atoms with E-state index in [1.165, 1.54) is 100 Å². The quantitative estimate of drug-likeness (QED) is 0.170. The Hall–Kier alpha value is -8.98. The highest BCUT2D eigenvalue weighted by Gasteiger charge is 2.54. The van der Waals surface area contributed by atoms with Gasteiger partial charge in [-0.25, -0.2) is 0 Å². The summed E-state index contributed by atoms with van der Waals surface area (Å²) in [4.78, 5) is 5.02. The monoisotopic (exact) mass is 888 g/mol. The topological polar surface area (TPSA) is 6.48 Å². The SMILES string of the molecule is c1ccc(-c2cccc(N(c3ccc4c(c3)C3(c5ccccc5-c5ccccc53)c3ccccc3-4)c3cccc4c3-c3ccccc3C43c4ccccc4N(c4ccccc4)c4ccccc43)c2)cc1. The maximum Gasteiger partial charge on any atom is 0.0755 e. The fourth-order valence-electron chi connectivity index (χ4n) is 13.3. The van der Waals surface area contributed by atoms with Crippen molar-refractivity contribution in [3.8, 4) is 44.5 Å². The Morgan fingerprint density at radius 1 is 0.271 bits per heavy atom. The van der Waals surface area contributed by atoms with Gasteiger partial charge in [0.2, 0.25) is 0 Å². The first kappa shape index (κ1) is 39.1. The Bertz CT molecular complexity index is 3810. The molecule has 4 aliphatic rings. The first-order valence-electron chi connectivity index (χ1n) is 24.4. The highest BCUT2D eigenvalue weighted by molar-refractivity contribution is 6.03. The summed E-state index contributed by atoms with van der Waals surface area (Å²) in [6.07, 6.45) is 0. The van der Waals surface area contributed by atoms with E-state index >= 15 is 0 Å². The average Bonchev–Trinajstić information content (AvgIpc) is 4.02. The number of fused-ring (bicyclic) bond motifs is 19. The number of hydrogen-bond donors (Lipinski definition) is 0. The van der Waals surface area contributed by atoms with Crippen molar-refractivity contribution in [3.63, 3.8) is 0 Å². The minimum atomic E-state index is -0.598. The van der Waals surface area contributed by atoms with Gasteiger partial charge in [-0.2, -0.15) is 0 Å². The minimum Gasteiger partial charge on any atom is -0.310 e. The molecule has 0 fully saturated rings. The molecule has 0 atom stereocenters. The van der Waals surface area contributed by atoms with Gasteiger partial charge in [-0.15, -0.1) is 0 Å². The van der Waals surface area contributed by atoms with E-state index in [-0.39, 0.29) is 0 Å². The van der Waals surface area contributed by atoms with Crippen LogP contribution in [0.25, 0.3) is 44.5 Å². The number of anilines is 6. The standard InChI is InChI=1S/C68H44N2/c1-3-21-45(22-4-1)46-23-19-26-48(43-46)69(49-41-42-53-52-29-9-13-33-57(52)67(62(53)44-49)55-31-11-7-27-50(55)51-28-8-12-32-56(51)67)65-40-20-37-61-66(65)54-30-10-14-34-58(54)68(61)59-35-15-17-38-63(59)70(47-24-5-2-6-25-47)64-39-18-16-36-60(64)68/h1-44H. The Balaban J connectivity index is 1.03. The van der Waals surface area contributed by atoms with Gasteiger partial charge in [0.15, 0.2) is 0 Å². The molecular formula is C68H44N2. The Morgan fingerprint density at radius 3 is 1.31 bits per heavy atom. The molecule has 0 amide bonds. The summed E-state index contributed by atoms with van der Waals surface area (Å²) in [7, 11) is 0. The van der Waals surface area contributed by atoms with E-state index in [0.717, 1.165) is 22.7 Å². The lowest BCUT2D eigenvalue weighted by Gasteiger charge is -2.45. The molecule has 1 aliphatic heterocycles. The highest BCUT2D eigenvalue weighted by atomic mass is 15.2. The normalized spacial score (nSPS) is 14.2. The highest BCUT2D eigenvalue weighted by Crippen LogP contribution is 2.67. The zero-order valence-corrected chi connectivity index (χ0v) is 38.3. The van der Waals surface area contributed by atoms with Crippen LogP contribution in [0.15, 0.2) is 267 Å². The van der Waals surface area contributed by atoms with Gasteiger partial charge >= 0.3 is 0 Å². The zero-order valence-electron chi connectivity index (χ0n) is 38.3. The molecule has 2 heteroatoms. The molecule has 2 spiro atoms. The maximum atomic E-state index is 2.56. The number of benzene rings is 11. The van der Waals surface area contributed by atoms with Gasteiger partial charge in [-0.05, 0) is 138 Å². The molecule has 3 aliphatic carbocycles. The summed E-state index contributed by atoms with van der Waals surface area (Å²) in [5.41, 5.74) is 26.3. The van der Waals surface area contributed by atoms with Crippen LogP contribution < -0.4 is 9.80 Å². The van der Waals surface area contributed by atoms with Crippen LogP contribution in [0.2, 0.25) is 0 Å². The van der Waals surface area contributed by atoms with E-state index in [9.17, 15) is 0 Å². The van der Waals surface area contributed by atoms with Crippen LogP contribution in [0.1, 0.15) is 44.5 Å².